The SMILES string of the molecule is CC1=CC[C@@]23C[C@@H]1[C@@](C)(C=O)[C@@H]2CC[C@H]3C. The average Bonchev–Trinajstić information content (AvgIpc) is 2.70. The summed E-state index contributed by atoms with van der Waals surface area (Å²) in [7, 11) is 0. The molecular formula is C15H22O. The van der Waals surface area contributed by atoms with Gasteiger partial charge in [-0.2, -0.15) is 0 Å². The summed E-state index contributed by atoms with van der Waals surface area (Å²) in [6, 6.07) is 0. The molecule has 3 rings (SSSR count). The summed E-state index contributed by atoms with van der Waals surface area (Å²) in [4.78, 5) is 11.6. The van der Waals surface area contributed by atoms with Crippen molar-refractivity contribution in [1.29, 1.82) is 0 Å². The minimum atomic E-state index is -0.0676. The Labute approximate surface area is 98.3 Å². The van der Waals surface area contributed by atoms with Gasteiger partial charge in [0.1, 0.15) is 6.29 Å². The largest absolute Gasteiger partial charge is 0.303 e. The van der Waals surface area contributed by atoms with Gasteiger partial charge in [-0.25, -0.2) is 0 Å². The van der Waals surface area contributed by atoms with Crippen LogP contribution >= 0.6 is 0 Å². The molecule has 1 heteroatoms. The molecule has 0 radical (unpaired) electrons. The van der Waals surface area contributed by atoms with Crippen LogP contribution < -0.4 is 0 Å². The van der Waals surface area contributed by atoms with Crippen LogP contribution in [0, 0.1) is 28.6 Å². The van der Waals surface area contributed by atoms with E-state index in [4.69, 9.17) is 0 Å². The molecule has 0 heterocycles. The molecule has 0 aromatic rings. The first-order valence-electron chi connectivity index (χ1n) is 6.67. The van der Waals surface area contributed by atoms with Crippen molar-refractivity contribution >= 4 is 6.29 Å². The lowest BCUT2D eigenvalue weighted by Gasteiger charge is -2.36. The Kier molecular flexibility index (Phi) is 1.98. The number of hydrogen-bond acceptors (Lipinski definition) is 1. The molecule has 0 unspecified atom stereocenters. The van der Waals surface area contributed by atoms with Gasteiger partial charge in [-0.15, -0.1) is 0 Å². The highest BCUT2D eigenvalue weighted by atomic mass is 16.1. The molecule has 3 aliphatic rings. The van der Waals surface area contributed by atoms with Gasteiger partial charge in [0, 0.05) is 5.41 Å². The van der Waals surface area contributed by atoms with E-state index >= 15 is 0 Å². The lowest BCUT2D eigenvalue weighted by atomic mass is 9.68. The molecule has 2 fully saturated rings. The second-order valence-electron chi connectivity index (χ2n) is 6.66. The third-order valence-electron chi connectivity index (χ3n) is 6.26. The smallest absolute Gasteiger partial charge is 0.126 e. The molecule has 5 atom stereocenters. The number of carbonyl (C=O) groups is 1. The van der Waals surface area contributed by atoms with Gasteiger partial charge in [-0.3, -0.25) is 0 Å². The lowest BCUT2D eigenvalue weighted by molar-refractivity contribution is -0.119. The Morgan fingerprint density at radius 3 is 2.88 bits per heavy atom. The van der Waals surface area contributed by atoms with E-state index < -0.39 is 0 Å². The van der Waals surface area contributed by atoms with Crippen molar-refractivity contribution in [2.75, 3.05) is 0 Å². The third-order valence-corrected chi connectivity index (χ3v) is 6.26. The van der Waals surface area contributed by atoms with E-state index in [2.05, 4.69) is 26.8 Å². The number of rotatable bonds is 1. The number of aldehydes is 1. The molecule has 0 saturated heterocycles. The van der Waals surface area contributed by atoms with Crippen LogP contribution in [0.5, 0.6) is 0 Å². The molecule has 3 aliphatic carbocycles. The van der Waals surface area contributed by atoms with Crippen LogP contribution in [0.1, 0.15) is 46.5 Å². The Balaban J connectivity index is 2.13. The van der Waals surface area contributed by atoms with E-state index in [9.17, 15) is 4.79 Å². The van der Waals surface area contributed by atoms with Gasteiger partial charge >= 0.3 is 0 Å². The number of hydrogen-bond donors (Lipinski definition) is 0. The molecule has 0 aliphatic heterocycles. The number of fused-ring (bicyclic) bond motifs is 1. The fraction of sp³-hybridized carbons (Fsp3) is 0.800. The second-order valence-corrected chi connectivity index (χ2v) is 6.66. The zero-order chi connectivity index (χ0) is 11.6. The second kappa shape index (κ2) is 3.00. The summed E-state index contributed by atoms with van der Waals surface area (Å²) in [6.45, 7) is 6.85. The maximum atomic E-state index is 11.6. The summed E-state index contributed by atoms with van der Waals surface area (Å²) in [6.07, 6.45) is 8.81. The number of carbonyl (C=O) groups excluding carboxylic acids is 1. The maximum absolute atomic E-state index is 11.6. The normalized spacial score (nSPS) is 54.7. The van der Waals surface area contributed by atoms with E-state index in [1.165, 1.54) is 37.5 Å². The van der Waals surface area contributed by atoms with Crippen molar-refractivity contribution in [2.45, 2.75) is 46.5 Å². The van der Waals surface area contributed by atoms with E-state index in [0.29, 0.717) is 17.3 Å². The highest BCUT2D eigenvalue weighted by molar-refractivity contribution is 5.63. The van der Waals surface area contributed by atoms with Crippen molar-refractivity contribution in [1.82, 2.24) is 0 Å². The van der Waals surface area contributed by atoms with Gasteiger partial charge in [0.05, 0.1) is 0 Å². The van der Waals surface area contributed by atoms with Gasteiger partial charge in [0.15, 0.2) is 0 Å². The minimum Gasteiger partial charge on any atom is -0.303 e. The highest BCUT2D eigenvalue weighted by Crippen LogP contribution is 2.70. The van der Waals surface area contributed by atoms with Crippen molar-refractivity contribution in [2.24, 2.45) is 28.6 Å². The molecule has 0 amide bonds. The van der Waals surface area contributed by atoms with Crippen molar-refractivity contribution in [3.05, 3.63) is 11.6 Å². The Morgan fingerprint density at radius 1 is 1.44 bits per heavy atom. The topological polar surface area (TPSA) is 17.1 Å². The molecule has 2 saturated carbocycles. The fourth-order valence-electron chi connectivity index (χ4n) is 5.19. The molecular weight excluding hydrogens is 196 g/mol. The van der Waals surface area contributed by atoms with E-state index in [-0.39, 0.29) is 5.41 Å². The number of allylic oxidation sites excluding steroid dienone is 2. The van der Waals surface area contributed by atoms with Crippen molar-refractivity contribution in [3.8, 4) is 0 Å². The van der Waals surface area contributed by atoms with Crippen LogP contribution in [0.15, 0.2) is 11.6 Å². The summed E-state index contributed by atoms with van der Waals surface area (Å²) < 4.78 is 0. The molecule has 0 aromatic heterocycles. The van der Waals surface area contributed by atoms with Crippen LogP contribution in [0.3, 0.4) is 0 Å². The zero-order valence-electron chi connectivity index (χ0n) is 10.6. The van der Waals surface area contributed by atoms with Crippen LogP contribution in [0.2, 0.25) is 0 Å². The molecule has 88 valence electrons. The third kappa shape index (κ3) is 0.959. The molecule has 0 aromatic carbocycles. The standard InChI is InChI=1S/C15H22O/c1-10-6-7-15-8-12(10)14(3,9-16)13(15)5-4-11(15)2/h6,9,11-13H,4-5,7-8H2,1-3H3/t11-,12+,13+,14-,15+/m1/s1. The summed E-state index contributed by atoms with van der Waals surface area (Å²) in [5.41, 5.74) is 1.88. The van der Waals surface area contributed by atoms with Gasteiger partial charge in [-0.1, -0.05) is 25.5 Å². The van der Waals surface area contributed by atoms with E-state index in [1.807, 2.05) is 0 Å². The van der Waals surface area contributed by atoms with E-state index in [1.54, 1.807) is 0 Å². The van der Waals surface area contributed by atoms with Gasteiger partial charge < -0.3 is 4.79 Å². The quantitative estimate of drug-likeness (QED) is 0.485. The first-order valence-corrected chi connectivity index (χ1v) is 6.67. The maximum Gasteiger partial charge on any atom is 0.126 e. The van der Waals surface area contributed by atoms with Crippen LogP contribution in [-0.4, -0.2) is 6.29 Å². The fourth-order valence-corrected chi connectivity index (χ4v) is 5.19. The van der Waals surface area contributed by atoms with Gasteiger partial charge in [-0.05, 0) is 55.8 Å². The summed E-state index contributed by atoms with van der Waals surface area (Å²) in [5.74, 6) is 1.99. The summed E-state index contributed by atoms with van der Waals surface area (Å²) >= 11 is 0. The zero-order valence-corrected chi connectivity index (χ0v) is 10.6. The first kappa shape index (κ1) is 10.6. The van der Waals surface area contributed by atoms with Crippen LogP contribution in [0.4, 0.5) is 0 Å². The average molecular weight is 218 g/mol. The first-order chi connectivity index (χ1) is 7.54. The molecule has 0 N–H and O–H groups in total. The monoisotopic (exact) mass is 218 g/mol. The van der Waals surface area contributed by atoms with Crippen molar-refractivity contribution < 1.29 is 4.79 Å². The molecule has 16 heavy (non-hydrogen) atoms. The highest BCUT2D eigenvalue weighted by Gasteiger charge is 2.64. The Hall–Kier alpha value is -0.590. The van der Waals surface area contributed by atoms with Gasteiger partial charge in [0.2, 0.25) is 0 Å². The Bertz CT molecular complexity index is 370. The molecule has 1 nitrogen and oxygen atoms in total. The molecule has 1 spiro atoms. The summed E-state index contributed by atoms with van der Waals surface area (Å²) in [5, 5.41) is 0. The minimum absolute atomic E-state index is 0.0676. The lowest BCUT2D eigenvalue weighted by Crippen LogP contribution is -2.33. The van der Waals surface area contributed by atoms with Crippen molar-refractivity contribution in [3.63, 3.8) is 0 Å². The predicted molar refractivity (Wildman–Crippen MR) is 65.0 cm³/mol. The van der Waals surface area contributed by atoms with Gasteiger partial charge in [0.25, 0.3) is 0 Å². The molecule has 2 bridgehead atoms. The van der Waals surface area contributed by atoms with E-state index in [0.717, 1.165) is 5.92 Å². The van der Waals surface area contributed by atoms with Crippen LogP contribution in [-0.2, 0) is 4.79 Å². The predicted octanol–water partition coefficient (Wildman–Crippen LogP) is 3.59. The van der Waals surface area contributed by atoms with Crippen LogP contribution in [0.25, 0.3) is 0 Å². The Morgan fingerprint density at radius 2 is 2.19 bits per heavy atom.